The first-order valence-electron chi connectivity index (χ1n) is 5.64. The lowest BCUT2D eigenvalue weighted by Crippen LogP contribution is -2.41. The highest BCUT2D eigenvalue weighted by molar-refractivity contribution is 5.96. The van der Waals surface area contributed by atoms with Crippen molar-refractivity contribution in [1.29, 1.82) is 0 Å². The van der Waals surface area contributed by atoms with Crippen molar-refractivity contribution in [3.63, 3.8) is 0 Å². The van der Waals surface area contributed by atoms with Crippen molar-refractivity contribution in [2.75, 3.05) is 5.32 Å². The molecule has 0 spiro atoms. The van der Waals surface area contributed by atoms with Crippen LogP contribution in [0.2, 0.25) is 0 Å². The van der Waals surface area contributed by atoms with E-state index in [1.54, 1.807) is 12.2 Å². The van der Waals surface area contributed by atoms with Gasteiger partial charge in [-0.1, -0.05) is 0 Å². The Labute approximate surface area is 115 Å². The van der Waals surface area contributed by atoms with Gasteiger partial charge >= 0.3 is 18.3 Å². The minimum absolute atomic E-state index is 0.0327. The van der Waals surface area contributed by atoms with Crippen molar-refractivity contribution in [3.05, 3.63) is 30.1 Å². The van der Waals surface area contributed by atoms with E-state index in [0.717, 1.165) is 0 Å². The summed E-state index contributed by atoms with van der Waals surface area (Å²) in [5.41, 5.74) is 1.08. The van der Waals surface area contributed by atoms with Gasteiger partial charge in [-0.05, 0) is 41.1 Å². The Morgan fingerprint density at radius 2 is 2.10 bits per heavy atom. The first kappa shape index (κ1) is 14.9. The number of alkyl halides is 4. The molecule has 0 saturated carbocycles. The summed E-state index contributed by atoms with van der Waals surface area (Å²) >= 11 is 0. The molecule has 0 unspecified atom stereocenters. The molecule has 1 heterocycles. The maximum absolute atomic E-state index is 12.8. The van der Waals surface area contributed by atoms with Gasteiger partial charge in [-0.3, -0.25) is 4.79 Å². The lowest BCUT2D eigenvalue weighted by Gasteiger charge is -2.15. The Hall–Kier alpha value is -2.52. The van der Waals surface area contributed by atoms with Crippen molar-refractivity contribution in [3.8, 4) is 5.69 Å². The molecule has 112 valence electrons. The van der Waals surface area contributed by atoms with Crippen molar-refractivity contribution < 1.29 is 22.4 Å². The quantitative estimate of drug-likeness (QED) is 0.874. The fourth-order valence-electron chi connectivity index (χ4n) is 1.58. The summed E-state index contributed by atoms with van der Waals surface area (Å²) in [5, 5.41) is 12.3. The number of tetrazole rings is 1. The zero-order chi connectivity index (χ0) is 15.6. The molecular formula is C11H9F4N5O. The molecule has 0 radical (unpaired) electrons. The Bertz CT molecular complexity index is 644. The first-order chi connectivity index (χ1) is 9.82. The summed E-state index contributed by atoms with van der Waals surface area (Å²) in [5.74, 6) is -6.81. The van der Waals surface area contributed by atoms with Crippen LogP contribution in [0, 0.1) is 6.92 Å². The molecule has 0 aliphatic rings. The minimum Gasteiger partial charge on any atom is -0.321 e. The highest BCUT2D eigenvalue weighted by atomic mass is 19.3. The monoisotopic (exact) mass is 303 g/mol. The van der Waals surface area contributed by atoms with E-state index in [1.165, 1.54) is 29.2 Å². The van der Waals surface area contributed by atoms with E-state index in [2.05, 4.69) is 15.5 Å². The number of hydrogen-bond donors (Lipinski definition) is 1. The van der Waals surface area contributed by atoms with Gasteiger partial charge in [0, 0.05) is 5.69 Å². The standard InChI is InChI=1S/C11H9F4N5O/c1-6-4-7(17-10(21)11(14,15)9(12)13)2-3-8(6)20-5-16-18-19-20/h2-5,9H,1H3,(H,17,21). The maximum atomic E-state index is 12.8. The fourth-order valence-corrected chi connectivity index (χ4v) is 1.58. The van der Waals surface area contributed by atoms with E-state index >= 15 is 0 Å². The number of aromatic nitrogens is 4. The summed E-state index contributed by atoms with van der Waals surface area (Å²) in [6.07, 6.45) is -2.75. The highest BCUT2D eigenvalue weighted by Crippen LogP contribution is 2.25. The van der Waals surface area contributed by atoms with Gasteiger partial charge in [0.15, 0.2) is 0 Å². The van der Waals surface area contributed by atoms with Crippen LogP contribution in [0.25, 0.3) is 5.69 Å². The van der Waals surface area contributed by atoms with Crippen molar-refractivity contribution in [2.45, 2.75) is 19.3 Å². The third-order valence-corrected chi connectivity index (χ3v) is 2.63. The summed E-state index contributed by atoms with van der Waals surface area (Å²) in [7, 11) is 0. The van der Waals surface area contributed by atoms with Crippen LogP contribution >= 0.6 is 0 Å². The second-order valence-corrected chi connectivity index (χ2v) is 4.13. The van der Waals surface area contributed by atoms with E-state index in [1.807, 2.05) is 0 Å². The molecule has 6 nitrogen and oxygen atoms in total. The van der Waals surface area contributed by atoms with Crippen LogP contribution < -0.4 is 5.32 Å². The van der Waals surface area contributed by atoms with E-state index in [-0.39, 0.29) is 5.69 Å². The van der Waals surface area contributed by atoms with Crippen LogP contribution in [-0.4, -0.2) is 38.5 Å². The van der Waals surface area contributed by atoms with Crippen LogP contribution in [0.1, 0.15) is 5.56 Å². The van der Waals surface area contributed by atoms with Crippen LogP contribution in [0.5, 0.6) is 0 Å². The van der Waals surface area contributed by atoms with Crippen LogP contribution in [0.4, 0.5) is 23.2 Å². The fraction of sp³-hybridized carbons (Fsp3) is 0.273. The number of rotatable bonds is 4. The molecule has 1 aromatic carbocycles. The second-order valence-electron chi connectivity index (χ2n) is 4.13. The van der Waals surface area contributed by atoms with Gasteiger partial charge in [0.2, 0.25) is 0 Å². The number of anilines is 1. The third kappa shape index (κ3) is 2.98. The summed E-state index contributed by atoms with van der Waals surface area (Å²) in [6.45, 7) is 1.62. The van der Waals surface area contributed by atoms with Gasteiger partial charge in [-0.25, -0.2) is 13.5 Å². The number of hydrogen-bond acceptors (Lipinski definition) is 4. The predicted octanol–water partition coefficient (Wildman–Crippen LogP) is 1.81. The zero-order valence-electron chi connectivity index (χ0n) is 10.6. The average molecular weight is 303 g/mol. The molecule has 0 aliphatic heterocycles. The van der Waals surface area contributed by atoms with Gasteiger partial charge in [-0.2, -0.15) is 8.78 Å². The van der Waals surface area contributed by atoms with Gasteiger partial charge in [-0.15, -0.1) is 5.10 Å². The Balaban J connectivity index is 2.20. The van der Waals surface area contributed by atoms with E-state index < -0.39 is 18.3 Å². The molecule has 2 rings (SSSR count). The van der Waals surface area contributed by atoms with Crippen molar-refractivity contribution >= 4 is 11.6 Å². The number of aryl methyl sites for hydroxylation is 1. The molecule has 0 bridgehead atoms. The summed E-state index contributed by atoms with van der Waals surface area (Å²) < 4.78 is 51.1. The molecule has 21 heavy (non-hydrogen) atoms. The highest BCUT2D eigenvalue weighted by Gasteiger charge is 2.48. The Morgan fingerprint density at radius 1 is 1.38 bits per heavy atom. The molecule has 1 amide bonds. The van der Waals surface area contributed by atoms with Crippen LogP contribution in [0.15, 0.2) is 24.5 Å². The van der Waals surface area contributed by atoms with E-state index in [0.29, 0.717) is 11.3 Å². The maximum Gasteiger partial charge on any atom is 0.383 e. The number of benzene rings is 1. The summed E-state index contributed by atoms with van der Waals surface area (Å²) in [6, 6.07) is 4.09. The lowest BCUT2D eigenvalue weighted by molar-refractivity contribution is -0.163. The lowest BCUT2D eigenvalue weighted by atomic mass is 10.1. The minimum atomic E-state index is -4.75. The number of carbonyl (C=O) groups excluding carboxylic acids is 1. The SMILES string of the molecule is Cc1cc(NC(=O)C(F)(F)C(F)F)ccc1-n1cnnn1. The zero-order valence-corrected chi connectivity index (χ0v) is 10.6. The van der Waals surface area contributed by atoms with Crippen molar-refractivity contribution in [2.24, 2.45) is 0 Å². The third-order valence-electron chi connectivity index (χ3n) is 2.63. The van der Waals surface area contributed by atoms with Crippen molar-refractivity contribution in [1.82, 2.24) is 20.2 Å². The number of halogens is 4. The first-order valence-corrected chi connectivity index (χ1v) is 5.64. The smallest absolute Gasteiger partial charge is 0.321 e. The van der Waals surface area contributed by atoms with E-state index in [9.17, 15) is 22.4 Å². The normalized spacial score (nSPS) is 11.7. The molecule has 2 aromatic rings. The van der Waals surface area contributed by atoms with Gasteiger partial charge in [0.1, 0.15) is 6.33 Å². The molecule has 0 atom stereocenters. The number of nitrogens with zero attached hydrogens (tertiary/aromatic N) is 4. The van der Waals surface area contributed by atoms with Gasteiger partial charge in [0.05, 0.1) is 5.69 Å². The predicted molar refractivity (Wildman–Crippen MR) is 63.5 cm³/mol. The van der Waals surface area contributed by atoms with E-state index in [4.69, 9.17) is 0 Å². The van der Waals surface area contributed by atoms with Crippen LogP contribution in [-0.2, 0) is 4.79 Å². The molecule has 1 N–H and O–H groups in total. The van der Waals surface area contributed by atoms with Gasteiger partial charge < -0.3 is 5.32 Å². The molecule has 10 heteroatoms. The number of carbonyl (C=O) groups is 1. The Morgan fingerprint density at radius 3 is 2.62 bits per heavy atom. The topological polar surface area (TPSA) is 72.7 Å². The van der Waals surface area contributed by atoms with Crippen LogP contribution in [0.3, 0.4) is 0 Å². The largest absolute Gasteiger partial charge is 0.383 e. The average Bonchev–Trinajstić information content (AvgIpc) is 2.92. The molecule has 0 fully saturated rings. The number of nitrogens with one attached hydrogen (secondary N) is 1. The summed E-state index contributed by atoms with van der Waals surface area (Å²) in [4.78, 5) is 11.1. The molecule has 0 saturated heterocycles. The molecule has 0 aliphatic carbocycles. The molecule has 1 aromatic heterocycles. The number of amides is 1. The van der Waals surface area contributed by atoms with Gasteiger partial charge in [0.25, 0.3) is 0 Å². The molecular weight excluding hydrogens is 294 g/mol. The Kier molecular flexibility index (Phi) is 3.87. The second kappa shape index (κ2) is 5.46.